The Morgan fingerprint density at radius 2 is 1.81 bits per heavy atom. The Morgan fingerprint density at radius 1 is 1.03 bits per heavy atom. The van der Waals surface area contributed by atoms with E-state index in [1.807, 2.05) is 60.1 Å². The maximum Gasteiger partial charge on any atom is 0.161 e. The summed E-state index contributed by atoms with van der Waals surface area (Å²) >= 11 is 0. The number of methoxy groups -OCH3 is 2. The summed E-state index contributed by atoms with van der Waals surface area (Å²) in [7, 11) is 3.25. The van der Waals surface area contributed by atoms with Gasteiger partial charge in [-0.25, -0.2) is 4.68 Å². The molecular weight excluding hydrogens is 390 g/mol. The second-order valence-electron chi connectivity index (χ2n) is 7.94. The van der Waals surface area contributed by atoms with Crippen molar-refractivity contribution in [3.8, 4) is 17.2 Å². The molecule has 0 fully saturated rings. The molecule has 158 valence electrons. The molecule has 6 nitrogen and oxygen atoms in total. The molecule has 0 bridgehead atoms. The topological polar surface area (TPSA) is 65.4 Å². The fourth-order valence-corrected chi connectivity index (χ4v) is 4.74. The Bertz CT molecular complexity index is 1190. The van der Waals surface area contributed by atoms with Crippen molar-refractivity contribution in [2.24, 2.45) is 0 Å². The van der Waals surface area contributed by atoms with Crippen LogP contribution in [0, 0.1) is 6.92 Å². The van der Waals surface area contributed by atoms with Crippen LogP contribution in [-0.4, -0.2) is 29.8 Å². The molecule has 6 heteroatoms. The highest BCUT2D eigenvalue weighted by atomic mass is 16.5. The second-order valence-corrected chi connectivity index (χ2v) is 7.94. The Kier molecular flexibility index (Phi) is 4.77. The van der Waals surface area contributed by atoms with Crippen molar-refractivity contribution < 1.29 is 14.3 Å². The number of allylic oxidation sites excluding steroid dienone is 2. The normalized spacial score (nSPS) is 17.6. The number of para-hydroxylation sites is 1. The molecule has 1 atom stereocenters. The Labute approximate surface area is 181 Å². The van der Waals surface area contributed by atoms with Gasteiger partial charge in [-0.15, -0.1) is 0 Å². The van der Waals surface area contributed by atoms with Crippen LogP contribution in [0.1, 0.15) is 42.0 Å². The molecular formula is C25H25N3O3. The third kappa shape index (κ3) is 3.10. The molecule has 1 N–H and O–H groups in total. The maximum absolute atomic E-state index is 13.1. The van der Waals surface area contributed by atoms with E-state index in [-0.39, 0.29) is 11.7 Å². The van der Waals surface area contributed by atoms with Crippen LogP contribution in [0.4, 0.5) is 5.82 Å². The molecule has 0 amide bonds. The summed E-state index contributed by atoms with van der Waals surface area (Å²) in [6.45, 7) is 2.01. The van der Waals surface area contributed by atoms with Gasteiger partial charge in [0.2, 0.25) is 0 Å². The van der Waals surface area contributed by atoms with Crippen LogP contribution in [-0.2, 0) is 4.79 Å². The number of Topliss-reactive ketones (excluding diaryl/α,β-unsaturated/α-hetero) is 1. The second kappa shape index (κ2) is 7.61. The molecule has 1 unspecified atom stereocenters. The molecule has 1 aliphatic heterocycles. The van der Waals surface area contributed by atoms with E-state index < -0.39 is 0 Å². The van der Waals surface area contributed by atoms with Gasteiger partial charge in [0.05, 0.1) is 25.6 Å². The van der Waals surface area contributed by atoms with Gasteiger partial charge in [0.1, 0.15) is 5.82 Å². The first kappa shape index (κ1) is 19.4. The monoisotopic (exact) mass is 415 g/mol. The van der Waals surface area contributed by atoms with E-state index in [4.69, 9.17) is 14.6 Å². The fourth-order valence-electron chi connectivity index (χ4n) is 4.74. The SMILES string of the molecule is COc1ccc(C2C3=C(CCCC3=O)Nc3c2c(C)nn3-c2ccccc2)cc1OC. The minimum Gasteiger partial charge on any atom is -0.493 e. The van der Waals surface area contributed by atoms with Gasteiger partial charge in [0.25, 0.3) is 0 Å². The summed E-state index contributed by atoms with van der Waals surface area (Å²) in [5, 5.41) is 8.43. The molecule has 0 saturated carbocycles. The van der Waals surface area contributed by atoms with E-state index in [0.717, 1.165) is 52.4 Å². The zero-order valence-electron chi connectivity index (χ0n) is 17.9. The molecule has 1 aromatic heterocycles. The first-order chi connectivity index (χ1) is 15.1. The maximum atomic E-state index is 13.1. The predicted molar refractivity (Wildman–Crippen MR) is 119 cm³/mol. The highest BCUT2D eigenvalue weighted by molar-refractivity contribution is 6.01. The number of ether oxygens (including phenoxy) is 2. The molecule has 1 aliphatic carbocycles. The van der Waals surface area contributed by atoms with Gasteiger partial charge in [-0.1, -0.05) is 24.3 Å². The molecule has 2 aliphatic rings. The number of nitrogens with zero attached hydrogens (tertiary/aromatic N) is 2. The number of carbonyl (C=O) groups is 1. The number of ketones is 1. The number of rotatable bonds is 4. The van der Waals surface area contributed by atoms with E-state index in [1.54, 1.807) is 14.2 Å². The van der Waals surface area contributed by atoms with Crippen molar-refractivity contribution in [3.05, 3.63) is 76.6 Å². The lowest BCUT2D eigenvalue weighted by atomic mass is 9.76. The van der Waals surface area contributed by atoms with Crippen molar-refractivity contribution in [2.45, 2.75) is 32.1 Å². The average Bonchev–Trinajstić information content (AvgIpc) is 3.14. The number of fused-ring (bicyclic) bond motifs is 1. The number of hydrogen-bond donors (Lipinski definition) is 1. The lowest BCUT2D eigenvalue weighted by Gasteiger charge is -2.33. The lowest BCUT2D eigenvalue weighted by molar-refractivity contribution is -0.116. The minimum absolute atomic E-state index is 0.198. The quantitative estimate of drug-likeness (QED) is 0.665. The Hall–Kier alpha value is -3.54. The summed E-state index contributed by atoms with van der Waals surface area (Å²) in [6.07, 6.45) is 2.28. The molecule has 0 radical (unpaired) electrons. The van der Waals surface area contributed by atoms with Gasteiger partial charge in [0.15, 0.2) is 17.3 Å². The number of hydrogen-bond acceptors (Lipinski definition) is 5. The summed E-state index contributed by atoms with van der Waals surface area (Å²) in [6, 6.07) is 16.0. The van der Waals surface area contributed by atoms with E-state index >= 15 is 0 Å². The summed E-state index contributed by atoms with van der Waals surface area (Å²) in [5.74, 6) is 2.25. The van der Waals surface area contributed by atoms with E-state index in [9.17, 15) is 4.79 Å². The zero-order chi connectivity index (χ0) is 21.5. The van der Waals surface area contributed by atoms with Gasteiger partial charge >= 0.3 is 0 Å². The summed E-state index contributed by atoms with van der Waals surface area (Å²) in [4.78, 5) is 13.1. The Balaban J connectivity index is 1.74. The lowest BCUT2D eigenvalue weighted by Crippen LogP contribution is -2.27. The number of benzene rings is 2. The largest absolute Gasteiger partial charge is 0.493 e. The van der Waals surface area contributed by atoms with Crippen molar-refractivity contribution in [3.63, 3.8) is 0 Å². The number of nitrogens with one attached hydrogen (secondary N) is 1. The molecule has 5 rings (SSSR count). The third-order valence-electron chi connectivity index (χ3n) is 6.15. The van der Waals surface area contributed by atoms with Crippen LogP contribution in [0.25, 0.3) is 5.69 Å². The van der Waals surface area contributed by atoms with Crippen molar-refractivity contribution in [2.75, 3.05) is 19.5 Å². The standard InChI is InChI=1S/C25H25N3O3/c1-15-22-23(16-12-13-20(30-2)21(14-16)31-3)24-18(10-7-11-19(24)29)26-25(22)28(27-15)17-8-5-4-6-9-17/h4-6,8-9,12-14,23,26H,7,10-11H2,1-3H3. The highest BCUT2D eigenvalue weighted by Gasteiger charge is 2.39. The average molecular weight is 415 g/mol. The van der Waals surface area contributed by atoms with E-state index in [2.05, 4.69) is 5.32 Å². The van der Waals surface area contributed by atoms with Crippen LogP contribution in [0.3, 0.4) is 0 Å². The summed E-state index contributed by atoms with van der Waals surface area (Å²) in [5.41, 5.74) is 5.76. The Morgan fingerprint density at radius 3 is 2.55 bits per heavy atom. The minimum atomic E-state index is -0.198. The highest BCUT2D eigenvalue weighted by Crippen LogP contribution is 2.48. The van der Waals surface area contributed by atoms with Crippen LogP contribution in [0.15, 0.2) is 59.8 Å². The van der Waals surface area contributed by atoms with Crippen LogP contribution in [0.5, 0.6) is 11.5 Å². The third-order valence-corrected chi connectivity index (χ3v) is 6.15. The molecule has 2 aromatic carbocycles. The fraction of sp³-hybridized carbons (Fsp3) is 0.280. The number of aromatic nitrogens is 2. The predicted octanol–water partition coefficient (Wildman–Crippen LogP) is 4.76. The first-order valence-electron chi connectivity index (χ1n) is 10.5. The zero-order valence-corrected chi connectivity index (χ0v) is 17.9. The first-order valence-corrected chi connectivity index (χ1v) is 10.5. The van der Waals surface area contributed by atoms with Gasteiger partial charge in [-0.3, -0.25) is 4.79 Å². The number of aryl methyl sites for hydroxylation is 1. The van der Waals surface area contributed by atoms with Crippen LogP contribution >= 0.6 is 0 Å². The molecule has 3 aromatic rings. The molecule has 2 heterocycles. The van der Waals surface area contributed by atoms with Crippen LogP contribution < -0.4 is 14.8 Å². The smallest absolute Gasteiger partial charge is 0.161 e. The molecule has 31 heavy (non-hydrogen) atoms. The van der Waals surface area contributed by atoms with Crippen molar-refractivity contribution in [1.82, 2.24) is 9.78 Å². The van der Waals surface area contributed by atoms with E-state index in [0.29, 0.717) is 17.9 Å². The number of carbonyl (C=O) groups excluding carboxylic acids is 1. The van der Waals surface area contributed by atoms with Crippen molar-refractivity contribution in [1.29, 1.82) is 0 Å². The van der Waals surface area contributed by atoms with Crippen LogP contribution in [0.2, 0.25) is 0 Å². The molecule has 0 saturated heterocycles. The van der Waals surface area contributed by atoms with Gasteiger partial charge in [-0.2, -0.15) is 5.10 Å². The van der Waals surface area contributed by atoms with Gasteiger partial charge in [0, 0.05) is 29.2 Å². The summed E-state index contributed by atoms with van der Waals surface area (Å²) < 4.78 is 12.9. The van der Waals surface area contributed by atoms with Crippen molar-refractivity contribution >= 4 is 11.6 Å². The number of anilines is 1. The van der Waals surface area contributed by atoms with Gasteiger partial charge in [-0.05, 0) is 49.6 Å². The van der Waals surface area contributed by atoms with Gasteiger partial charge < -0.3 is 14.8 Å². The molecule has 0 spiro atoms. The van der Waals surface area contributed by atoms with E-state index in [1.165, 1.54) is 0 Å².